The molecule has 1 aliphatic heterocycles. The minimum absolute atomic E-state index is 0.345. The third kappa shape index (κ3) is 5.22. The summed E-state index contributed by atoms with van der Waals surface area (Å²) < 4.78 is 0. The van der Waals surface area contributed by atoms with Gasteiger partial charge in [-0.15, -0.1) is 0 Å². The third-order valence-electron chi connectivity index (χ3n) is 5.37. The summed E-state index contributed by atoms with van der Waals surface area (Å²) >= 11 is 0. The second-order valence-electron chi connectivity index (χ2n) is 8.15. The fourth-order valence-electron chi connectivity index (χ4n) is 3.80. The van der Waals surface area contributed by atoms with Crippen molar-refractivity contribution in [1.82, 2.24) is 15.1 Å². The first kappa shape index (κ1) is 17.2. The Morgan fingerprint density at radius 1 is 1.05 bits per heavy atom. The van der Waals surface area contributed by atoms with Crippen molar-refractivity contribution in [3.63, 3.8) is 0 Å². The number of hydrogen-bond donors (Lipinski definition) is 1. The van der Waals surface area contributed by atoms with Crippen molar-refractivity contribution < 1.29 is 0 Å². The normalized spacial score (nSPS) is 24.6. The zero-order valence-corrected chi connectivity index (χ0v) is 14.8. The highest BCUT2D eigenvalue weighted by atomic mass is 15.3. The molecule has 1 atom stereocenters. The van der Waals surface area contributed by atoms with Crippen LogP contribution in [-0.4, -0.2) is 61.2 Å². The van der Waals surface area contributed by atoms with Gasteiger partial charge >= 0.3 is 0 Å². The molecule has 0 aromatic carbocycles. The summed E-state index contributed by atoms with van der Waals surface area (Å²) in [7, 11) is 0. The topological polar surface area (TPSA) is 18.5 Å². The van der Waals surface area contributed by atoms with E-state index in [1.807, 2.05) is 0 Å². The maximum absolute atomic E-state index is 3.77. The van der Waals surface area contributed by atoms with Crippen LogP contribution in [0.4, 0.5) is 0 Å². The van der Waals surface area contributed by atoms with Crippen LogP contribution in [0.1, 0.15) is 59.8 Å². The lowest BCUT2D eigenvalue weighted by atomic mass is 9.86. The minimum atomic E-state index is 0.345. The highest BCUT2D eigenvalue weighted by molar-refractivity contribution is 4.87. The zero-order valence-electron chi connectivity index (χ0n) is 14.8. The number of piperazine rings is 1. The summed E-state index contributed by atoms with van der Waals surface area (Å²) in [6.45, 7) is 16.8. The SMILES string of the molecule is CCCNC(CN1CCN(C2CCCC2)CC1)C(C)(C)C. The first-order chi connectivity index (χ1) is 10.0. The van der Waals surface area contributed by atoms with Gasteiger partial charge in [0.2, 0.25) is 0 Å². The van der Waals surface area contributed by atoms with Gasteiger partial charge in [0.25, 0.3) is 0 Å². The van der Waals surface area contributed by atoms with Gasteiger partial charge in [-0.25, -0.2) is 0 Å². The molecule has 0 radical (unpaired) electrons. The monoisotopic (exact) mass is 295 g/mol. The summed E-state index contributed by atoms with van der Waals surface area (Å²) in [5, 5.41) is 3.77. The maximum atomic E-state index is 3.77. The first-order valence-electron chi connectivity index (χ1n) is 9.20. The second kappa shape index (κ2) is 7.94. The van der Waals surface area contributed by atoms with Crippen LogP contribution >= 0.6 is 0 Å². The number of rotatable bonds is 6. The molecular formula is C18H37N3. The molecule has 124 valence electrons. The Morgan fingerprint density at radius 3 is 2.19 bits per heavy atom. The Bertz CT molecular complexity index is 283. The quantitative estimate of drug-likeness (QED) is 0.813. The van der Waals surface area contributed by atoms with Gasteiger partial charge in [-0.2, -0.15) is 0 Å². The largest absolute Gasteiger partial charge is 0.312 e. The van der Waals surface area contributed by atoms with Crippen LogP contribution in [0.5, 0.6) is 0 Å². The minimum Gasteiger partial charge on any atom is -0.312 e. The van der Waals surface area contributed by atoms with Gasteiger partial charge in [0.15, 0.2) is 0 Å². The van der Waals surface area contributed by atoms with Crippen molar-refractivity contribution in [3.8, 4) is 0 Å². The highest BCUT2D eigenvalue weighted by Gasteiger charge is 2.30. The van der Waals surface area contributed by atoms with E-state index in [4.69, 9.17) is 0 Å². The average molecular weight is 296 g/mol. The van der Waals surface area contributed by atoms with Crippen molar-refractivity contribution in [2.24, 2.45) is 5.41 Å². The highest BCUT2D eigenvalue weighted by Crippen LogP contribution is 2.25. The van der Waals surface area contributed by atoms with Crippen LogP contribution in [0.15, 0.2) is 0 Å². The molecule has 2 aliphatic rings. The van der Waals surface area contributed by atoms with Gasteiger partial charge in [0.1, 0.15) is 0 Å². The predicted molar refractivity (Wildman–Crippen MR) is 91.8 cm³/mol. The molecule has 0 aromatic heterocycles. The average Bonchev–Trinajstić information content (AvgIpc) is 2.97. The Balaban J connectivity index is 1.77. The molecule has 2 rings (SSSR count). The second-order valence-corrected chi connectivity index (χ2v) is 8.15. The Morgan fingerprint density at radius 2 is 1.67 bits per heavy atom. The molecule has 3 nitrogen and oxygen atoms in total. The molecule has 1 saturated carbocycles. The van der Waals surface area contributed by atoms with Crippen LogP contribution in [0.3, 0.4) is 0 Å². The van der Waals surface area contributed by atoms with Gasteiger partial charge in [-0.3, -0.25) is 9.80 Å². The van der Waals surface area contributed by atoms with Crippen molar-refractivity contribution in [2.75, 3.05) is 39.3 Å². The van der Waals surface area contributed by atoms with Gasteiger partial charge in [0, 0.05) is 44.8 Å². The summed E-state index contributed by atoms with van der Waals surface area (Å²) in [6.07, 6.45) is 7.03. The fraction of sp³-hybridized carbons (Fsp3) is 1.00. The lowest BCUT2D eigenvalue weighted by Crippen LogP contribution is -2.55. The van der Waals surface area contributed by atoms with E-state index in [9.17, 15) is 0 Å². The lowest BCUT2D eigenvalue weighted by Gasteiger charge is -2.41. The Labute approximate surface area is 132 Å². The molecule has 0 aromatic rings. The number of nitrogens with zero attached hydrogens (tertiary/aromatic N) is 2. The van der Waals surface area contributed by atoms with E-state index in [-0.39, 0.29) is 0 Å². The standard InChI is InChI=1S/C18H37N3/c1-5-10-19-17(18(2,3)4)15-20-11-13-21(14-12-20)16-8-6-7-9-16/h16-17,19H,5-15H2,1-4H3. The van der Waals surface area contributed by atoms with Gasteiger partial charge in [0.05, 0.1) is 0 Å². The lowest BCUT2D eigenvalue weighted by molar-refractivity contribution is 0.0784. The predicted octanol–water partition coefficient (Wildman–Crippen LogP) is 2.96. The number of nitrogens with one attached hydrogen (secondary N) is 1. The molecule has 1 heterocycles. The maximum Gasteiger partial charge on any atom is 0.0243 e. The van der Waals surface area contributed by atoms with Crippen LogP contribution < -0.4 is 5.32 Å². The van der Waals surface area contributed by atoms with Crippen molar-refractivity contribution in [3.05, 3.63) is 0 Å². The first-order valence-corrected chi connectivity index (χ1v) is 9.20. The molecule has 0 spiro atoms. The van der Waals surface area contributed by atoms with Crippen LogP contribution in [0, 0.1) is 5.41 Å². The molecule has 1 aliphatic carbocycles. The Kier molecular flexibility index (Phi) is 6.51. The van der Waals surface area contributed by atoms with E-state index in [0.29, 0.717) is 11.5 Å². The van der Waals surface area contributed by atoms with Gasteiger partial charge in [-0.1, -0.05) is 40.5 Å². The van der Waals surface area contributed by atoms with Gasteiger partial charge in [-0.05, 0) is 31.2 Å². The molecule has 21 heavy (non-hydrogen) atoms. The van der Waals surface area contributed by atoms with E-state index in [1.54, 1.807) is 0 Å². The van der Waals surface area contributed by atoms with E-state index in [0.717, 1.165) is 12.6 Å². The van der Waals surface area contributed by atoms with Crippen molar-refractivity contribution >= 4 is 0 Å². The van der Waals surface area contributed by atoms with Crippen LogP contribution in [0.25, 0.3) is 0 Å². The van der Waals surface area contributed by atoms with Crippen molar-refractivity contribution in [2.45, 2.75) is 71.9 Å². The molecule has 0 amide bonds. The van der Waals surface area contributed by atoms with Gasteiger partial charge < -0.3 is 5.32 Å². The summed E-state index contributed by atoms with van der Waals surface area (Å²) in [5.41, 5.74) is 0.345. The molecule has 2 fully saturated rings. The van der Waals surface area contributed by atoms with Crippen LogP contribution in [0.2, 0.25) is 0 Å². The molecule has 0 bridgehead atoms. The molecule has 3 heteroatoms. The zero-order chi connectivity index (χ0) is 15.3. The van der Waals surface area contributed by atoms with E-state index in [1.165, 1.54) is 64.8 Å². The molecule has 1 unspecified atom stereocenters. The van der Waals surface area contributed by atoms with Crippen LogP contribution in [-0.2, 0) is 0 Å². The third-order valence-corrected chi connectivity index (χ3v) is 5.37. The van der Waals surface area contributed by atoms with Crippen molar-refractivity contribution in [1.29, 1.82) is 0 Å². The summed E-state index contributed by atoms with van der Waals surface area (Å²) in [5.74, 6) is 0. The smallest absolute Gasteiger partial charge is 0.0243 e. The summed E-state index contributed by atoms with van der Waals surface area (Å²) in [4.78, 5) is 5.44. The molecule has 1 N–H and O–H groups in total. The van der Waals surface area contributed by atoms with E-state index < -0.39 is 0 Å². The Hall–Kier alpha value is -0.120. The summed E-state index contributed by atoms with van der Waals surface area (Å²) in [6, 6.07) is 1.51. The molecule has 1 saturated heterocycles. The molecular weight excluding hydrogens is 258 g/mol. The van der Waals surface area contributed by atoms with E-state index >= 15 is 0 Å². The number of hydrogen-bond acceptors (Lipinski definition) is 3. The fourth-order valence-corrected chi connectivity index (χ4v) is 3.80. The van der Waals surface area contributed by atoms with E-state index in [2.05, 4.69) is 42.8 Å².